The number of amides is 1. The number of benzene rings is 2. The van der Waals surface area contributed by atoms with Crippen molar-refractivity contribution in [2.24, 2.45) is 0 Å². The Bertz CT molecular complexity index is 1420. The molecule has 11 heteroatoms. The van der Waals surface area contributed by atoms with Crippen LogP contribution in [0.25, 0.3) is 11.3 Å². The Balaban J connectivity index is 1.59. The van der Waals surface area contributed by atoms with Gasteiger partial charge in [0.15, 0.2) is 5.82 Å². The van der Waals surface area contributed by atoms with Gasteiger partial charge in [-0.3, -0.25) is 0 Å². The van der Waals surface area contributed by atoms with Crippen molar-refractivity contribution in [1.29, 1.82) is 0 Å². The number of nitrogens with zero attached hydrogens (tertiary/aromatic N) is 2. The first-order chi connectivity index (χ1) is 18.9. The van der Waals surface area contributed by atoms with Gasteiger partial charge in [0.25, 0.3) is 0 Å². The van der Waals surface area contributed by atoms with Crippen LogP contribution in [0.15, 0.2) is 42.5 Å². The molecule has 0 saturated carbocycles. The molecule has 8 nitrogen and oxygen atoms in total. The fourth-order valence-corrected chi connectivity index (χ4v) is 5.06. The lowest BCUT2D eigenvalue weighted by atomic mass is 9.90. The minimum Gasteiger partial charge on any atom is -0.497 e. The van der Waals surface area contributed by atoms with E-state index in [0.717, 1.165) is 11.3 Å². The number of carbonyl (C=O) groups is 1. The van der Waals surface area contributed by atoms with Gasteiger partial charge in [-0.2, -0.15) is 4.98 Å². The molecule has 2 N–H and O–H groups in total. The van der Waals surface area contributed by atoms with Crippen LogP contribution >= 0.6 is 35.4 Å². The molecule has 0 spiro atoms. The Morgan fingerprint density at radius 3 is 2.45 bits per heavy atom. The van der Waals surface area contributed by atoms with Gasteiger partial charge in [-0.05, 0) is 64.3 Å². The Labute approximate surface area is 250 Å². The molecule has 4 rings (SSSR count). The molecular formula is C29H34Cl2N4O4S. The van der Waals surface area contributed by atoms with Gasteiger partial charge in [-0.25, -0.2) is 4.79 Å². The third kappa shape index (κ3) is 7.38. The highest BCUT2D eigenvalue weighted by molar-refractivity contribution is 7.71. The standard InChI is InChI=1S/C29H34Cl2N4O4S/c1-28(2,3)39-27(36)34-29(4)13-15-35(16-14-29)24-26(40)32-23(20-7-6-8-21(30)22(20)31)25(33-24)38-17-18-9-11-19(37-5)12-10-18/h6-12H,13-17H2,1-5H3,(H,32,40)(H,34,36). The number of nitrogens with one attached hydrogen (secondary N) is 2. The number of ether oxygens (including phenoxy) is 3. The maximum atomic E-state index is 12.4. The highest BCUT2D eigenvalue weighted by Gasteiger charge is 2.34. The van der Waals surface area contributed by atoms with E-state index in [2.05, 4.69) is 15.2 Å². The zero-order valence-electron chi connectivity index (χ0n) is 23.3. The van der Waals surface area contributed by atoms with Gasteiger partial charge in [0, 0.05) is 24.2 Å². The van der Waals surface area contributed by atoms with Gasteiger partial charge in [0.2, 0.25) is 5.88 Å². The molecule has 0 atom stereocenters. The van der Waals surface area contributed by atoms with E-state index in [1.165, 1.54) is 0 Å². The number of methoxy groups -OCH3 is 1. The molecule has 1 aliphatic heterocycles. The van der Waals surface area contributed by atoms with Crippen LogP contribution in [-0.2, 0) is 11.3 Å². The summed E-state index contributed by atoms with van der Waals surface area (Å²) in [5, 5.41) is 3.82. The first-order valence-electron chi connectivity index (χ1n) is 13.0. The second kappa shape index (κ2) is 12.2. The Morgan fingerprint density at radius 2 is 1.82 bits per heavy atom. The van der Waals surface area contributed by atoms with Gasteiger partial charge in [0.05, 0.1) is 17.2 Å². The van der Waals surface area contributed by atoms with Crippen molar-refractivity contribution in [2.75, 3.05) is 25.1 Å². The SMILES string of the molecule is COc1ccc(COc2nc(N3CCC(C)(NC(=O)OC(C)(C)C)CC3)c(=S)[nH]c2-c2cccc(Cl)c2Cl)cc1. The summed E-state index contributed by atoms with van der Waals surface area (Å²) in [6.07, 6.45) is 0.954. The van der Waals surface area contributed by atoms with Gasteiger partial charge < -0.3 is 29.4 Å². The van der Waals surface area contributed by atoms with E-state index in [4.69, 9.17) is 54.6 Å². The number of halogens is 2. The lowest BCUT2D eigenvalue weighted by molar-refractivity contribution is 0.0448. The van der Waals surface area contributed by atoms with Gasteiger partial charge >= 0.3 is 6.09 Å². The van der Waals surface area contributed by atoms with E-state index in [9.17, 15) is 4.79 Å². The Morgan fingerprint density at radius 1 is 1.15 bits per heavy atom. The summed E-state index contributed by atoms with van der Waals surface area (Å²) in [6, 6.07) is 13.0. The lowest BCUT2D eigenvalue weighted by Gasteiger charge is -2.40. The molecule has 0 unspecified atom stereocenters. The van der Waals surface area contributed by atoms with E-state index in [0.29, 0.717) is 63.6 Å². The van der Waals surface area contributed by atoms with Crippen molar-refractivity contribution >= 4 is 47.3 Å². The molecule has 1 amide bonds. The second-order valence-electron chi connectivity index (χ2n) is 11.0. The molecule has 3 aromatic rings. The number of carbonyl (C=O) groups excluding carboxylic acids is 1. The van der Waals surface area contributed by atoms with Crippen molar-refractivity contribution in [1.82, 2.24) is 15.3 Å². The van der Waals surface area contributed by atoms with Crippen LogP contribution in [0.5, 0.6) is 11.6 Å². The summed E-state index contributed by atoms with van der Waals surface area (Å²) < 4.78 is 17.4. The first-order valence-corrected chi connectivity index (χ1v) is 14.1. The third-order valence-corrected chi connectivity index (χ3v) is 7.69. The van der Waals surface area contributed by atoms with Crippen molar-refractivity contribution in [3.05, 3.63) is 62.7 Å². The Kier molecular flexibility index (Phi) is 9.17. The lowest BCUT2D eigenvalue weighted by Crippen LogP contribution is -2.54. The molecule has 0 bridgehead atoms. The Hall–Kier alpha value is -3.01. The predicted octanol–water partition coefficient (Wildman–Crippen LogP) is 7.58. The number of aromatic nitrogens is 2. The third-order valence-electron chi connectivity index (χ3n) is 6.59. The summed E-state index contributed by atoms with van der Waals surface area (Å²) in [5.41, 5.74) is 1.15. The van der Waals surface area contributed by atoms with Gasteiger partial charge in [0.1, 0.15) is 28.3 Å². The minimum atomic E-state index is -0.562. The number of aromatic amines is 1. The molecule has 1 aromatic heterocycles. The summed E-state index contributed by atoms with van der Waals surface area (Å²) in [5.74, 6) is 1.71. The average molecular weight is 606 g/mol. The normalized spacial score (nSPS) is 14.9. The van der Waals surface area contributed by atoms with Crippen molar-refractivity contribution in [3.8, 4) is 22.9 Å². The highest BCUT2D eigenvalue weighted by Crippen LogP contribution is 2.38. The van der Waals surface area contributed by atoms with E-state index < -0.39 is 17.2 Å². The average Bonchev–Trinajstić information content (AvgIpc) is 2.89. The van der Waals surface area contributed by atoms with Crippen molar-refractivity contribution in [2.45, 2.75) is 58.3 Å². The largest absolute Gasteiger partial charge is 0.497 e. The zero-order chi connectivity index (χ0) is 29.1. The molecule has 214 valence electrons. The van der Waals surface area contributed by atoms with Crippen LogP contribution in [0.4, 0.5) is 10.6 Å². The number of piperidine rings is 1. The van der Waals surface area contributed by atoms with Crippen molar-refractivity contribution in [3.63, 3.8) is 0 Å². The minimum absolute atomic E-state index is 0.268. The molecule has 0 radical (unpaired) electrons. The van der Waals surface area contributed by atoms with Crippen LogP contribution < -0.4 is 19.7 Å². The molecular weight excluding hydrogens is 571 g/mol. The van der Waals surface area contributed by atoms with Gasteiger partial charge in [-0.15, -0.1) is 0 Å². The monoisotopic (exact) mass is 604 g/mol. The number of H-pyrrole nitrogens is 1. The van der Waals surface area contributed by atoms with Crippen LogP contribution in [0.2, 0.25) is 10.0 Å². The van der Waals surface area contributed by atoms with Crippen LogP contribution in [0.3, 0.4) is 0 Å². The van der Waals surface area contributed by atoms with Crippen LogP contribution in [-0.4, -0.2) is 47.4 Å². The molecule has 2 aromatic carbocycles. The predicted molar refractivity (Wildman–Crippen MR) is 161 cm³/mol. The molecule has 1 fully saturated rings. The summed E-state index contributed by atoms with van der Waals surface area (Å²) in [7, 11) is 1.63. The van der Waals surface area contributed by atoms with E-state index in [1.807, 2.05) is 64.1 Å². The smallest absolute Gasteiger partial charge is 0.408 e. The molecule has 2 heterocycles. The zero-order valence-corrected chi connectivity index (χ0v) is 25.6. The van der Waals surface area contributed by atoms with Gasteiger partial charge in [-0.1, -0.05) is 59.7 Å². The molecule has 0 aliphatic carbocycles. The summed E-state index contributed by atoms with van der Waals surface area (Å²) in [4.78, 5) is 22.7. The van der Waals surface area contributed by atoms with E-state index >= 15 is 0 Å². The molecule has 1 aliphatic rings. The number of rotatable bonds is 7. The van der Waals surface area contributed by atoms with Crippen LogP contribution in [0, 0.1) is 4.64 Å². The topological polar surface area (TPSA) is 88.7 Å². The summed E-state index contributed by atoms with van der Waals surface area (Å²) >= 11 is 18.6. The maximum absolute atomic E-state index is 12.4. The quantitative estimate of drug-likeness (QED) is 0.269. The van der Waals surface area contributed by atoms with Crippen LogP contribution in [0.1, 0.15) is 46.1 Å². The van der Waals surface area contributed by atoms with E-state index in [1.54, 1.807) is 13.2 Å². The highest BCUT2D eigenvalue weighted by atomic mass is 35.5. The van der Waals surface area contributed by atoms with Crippen molar-refractivity contribution < 1.29 is 19.0 Å². The fraction of sp³-hybridized carbons (Fsp3) is 0.414. The second-order valence-corrected chi connectivity index (χ2v) is 12.2. The first kappa shape index (κ1) is 30.0. The molecule has 1 saturated heterocycles. The molecule has 40 heavy (non-hydrogen) atoms. The number of hydrogen-bond donors (Lipinski definition) is 2. The summed E-state index contributed by atoms with van der Waals surface area (Å²) in [6.45, 7) is 9.09. The number of hydrogen-bond acceptors (Lipinski definition) is 7. The number of anilines is 1. The maximum Gasteiger partial charge on any atom is 0.408 e. The van der Waals surface area contributed by atoms with E-state index in [-0.39, 0.29) is 6.61 Å². The number of alkyl carbamates (subject to hydrolysis) is 1. The fourth-order valence-electron chi connectivity index (χ4n) is 4.38.